The molecule has 11 rings (SSSR count). The number of fused-ring (bicyclic) bond motifs is 11. The van der Waals surface area contributed by atoms with E-state index in [1.54, 1.807) is 0 Å². The van der Waals surface area contributed by atoms with Gasteiger partial charge in [0, 0.05) is 41.6 Å². The van der Waals surface area contributed by atoms with E-state index in [1.807, 2.05) is 23.5 Å². The molecule has 3 heterocycles. The van der Waals surface area contributed by atoms with E-state index in [9.17, 15) is 0 Å². The first-order valence-corrected chi connectivity index (χ1v) is 19.4. The maximum absolute atomic E-state index is 2.46. The van der Waals surface area contributed by atoms with Crippen molar-refractivity contribution < 1.29 is 0 Å². The van der Waals surface area contributed by atoms with E-state index in [0.717, 1.165) is 0 Å². The van der Waals surface area contributed by atoms with Gasteiger partial charge in [0.25, 0.3) is 0 Å². The molecule has 0 bridgehead atoms. The van der Waals surface area contributed by atoms with Crippen LogP contribution in [0.2, 0.25) is 0 Å². The lowest BCUT2D eigenvalue weighted by molar-refractivity contribution is 0.667. The van der Waals surface area contributed by atoms with Gasteiger partial charge in [0.2, 0.25) is 0 Å². The molecule has 1 atom stereocenters. The molecule has 0 saturated carbocycles. The van der Waals surface area contributed by atoms with Gasteiger partial charge in [-0.15, -0.1) is 0 Å². The summed E-state index contributed by atoms with van der Waals surface area (Å²) in [5.74, 6) is 0. The highest BCUT2D eigenvalue weighted by Crippen LogP contribution is 2.62. The van der Waals surface area contributed by atoms with Crippen molar-refractivity contribution in [3.05, 3.63) is 210 Å². The van der Waals surface area contributed by atoms with Gasteiger partial charge in [-0.3, -0.25) is 0 Å². The average molecular weight is 698 g/mol. The number of rotatable bonds is 3. The summed E-state index contributed by atoms with van der Waals surface area (Å²) in [6.07, 6.45) is 0. The Bertz CT molecular complexity index is 2840. The summed E-state index contributed by atoms with van der Waals surface area (Å²) in [6.45, 7) is 0. The number of aromatic nitrogens is 1. The van der Waals surface area contributed by atoms with Crippen LogP contribution in [0.25, 0.3) is 49.7 Å². The smallest absolute Gasteiger partial charge is 0.0745 e. The monoisotopic (exact) mass is 697 g/mol. The molecule has 2 aliphatic heterocycles. The Morgan fingerprint density at radius 2 is 0.904 bits per heavy atom. The molecule has 0 N–H and O–H groups in total. The minimum absolute atomic E-state index is 0.451. The van der Waals surface area contributed by atoms with Gasteiger partial charge in [-0.1, -0.05) is 169 Å². The molecule has 3 heteroatoms. The number of benzene rings is 8. The van der Waals surface area contributed by atoms with Crippen LogP contribution >= 0.6 is 23.5 Å². The van der Waals surface area contributed by atoms with Crippen molar-refractivity contribution in [1.29, 1.82) is 0 Å². The summed E-state index contributed by atoms with van der Waals surface area (Å²) in [7, 11) is 0. The maximum Gasteiger partial charge on any atom is 0.0745 e. The van der Waals surface area contributed by atoms with Crippen LogP contribution in [-0.4, -0.2) is 4.57 Å². The Labute approximate surface area is 311 Å². The third-order valence-corrected chi connectivity index (χ3v) is 13.2. The molecule has 0 amide bonds. The van der Waals surface area contributed by atoms with Crippen LogP contribution < -0.4 is 0 Å². The molecule has 0 fully saturated rings. The molecule has 0 aliphatic carbocycles. The van der Waals surface area contributed by atoms with Crippen LogP contribution in [0.15, 0.2) is 208 Å². The van der Waals surface area contributed by atoms with Crippen LogP contribution in [0.4, 0.5) is 0 Å². The molecule has 0 saturated heterocycles. The van der Waals surface area contributed by atoms with Crippen molar-refractivity contribution in [2.24, 2.45) is 0 Å². The minimum Gasteiger partial charge on any atom is -0.309 e. The van der Waals surface area contributed by atoms with E-state index in [4.69, 9.17) is 0 Å². The van der Waals surface area contributed by atoms with Gasteiger partial charge >= 0.3 is 0 Å². The average Bonchev–Trinajstić information content (AvgIpc) is 3.56. The zero-order valence-electron chi connectivity index (χ0n) is 28.2. The lowest BCUT2D eigenvalue weighted by Gasteiger charge is -2.45. The fourth-order valence-corrected chi connectivity index (χ4v) is 11.2. The SMILES string of the molecule is c1ccc(-c2ccc3c(c2)Sc2ccccc2C32c3ccccc3Sc3cc(-c4cccc5c6ccccc6n(-c6ccccc6)c45)ccc32)cc1. The molecular weight excluding hydrogens is 667 g/mol. The fraction of sp³-hybridized carbons (Fsp3) is 0.0204. The lowest BCUT2D eigenvalue weighted by atomic mass is 9.64. The summed E-state index contributed by atoms with van der Waals surface area (Å²) >= 11 is 3.81. The van der Waals surface area contributed by atoms with Crippen LogP contribution in [0, 0.1) is 0 Å². The molecule has 8 aromatic carbocycles. The Hall–Kier alpha value is -5.74. The third-order valence-electron chi connectivity index (χ3n) is 10.9. The molecule has 0 radical (unpaired) electrons. The van der Waals surface area contributed by atoms with Crippen LogP contribution in [0.3, 0.4) is 0 Å². The Kier molecular flexibility index (Phi) is 6.70. The number of para-hydroxylation sites is 3. The zero-order chi connectivity index (χ0) is 34.2. The van der Waals surface area contributed by atoms with Gasteiger partial charge in [-0.05, 0) is 81.4 Å². The molecule has 1 unspecified atom stereocenters. The van der Waals surface area contributed by atoms with Crippen molar-refractivity contribution in [1.82, 2.24) is 4.57 Å². The standard InChI is InChI=1S/C49H31NS2/c1-3-14-32(15-4-1)33-26-28-41-46(30-33)51-44-24-11-8-21-39(44)49(41)40-22-9-12-25-45(40)52-47-31-34(27-29-42(47)49)36-19-13-20-38-37-18-7-10-23-43(37)50(48(36)38)35-16-5-2-6-17-35/h1-31H. The molecule has 1 spiro atoms. The highest BCUT2D eigenvalue weighted by molar-refractivity contribution is 8.00. The molecule has 1 nitrogen and oxygen atoms in total. The largest absolute Gasteiger partial charge is 0.309 e. The second kappa shape index (κ2) is 11.6. The van der Waals surface area contributed by atoms with Crippen molar-refractivity contribution in [3.8, 4) is 27.9 Å². The van der Waals surface area contributed by atoms with Crippen molar-refractivity contribution >= 4 is 45.3 Å². The first-order chi connectivity index (χ1) is 25.8. The first kappa shape index (κ1) is 29.9. The lowest BCUT2D eigenvalue weighted by Crippen LogP contribution is -2.36. The van der Waals surface area contributed by atoms with E-state index in [-0.39, 0.29) is 0 Å². The van der Waals surface area contributed by atoms with E-state index in [0.29, 0.717) is 0 Å². The number of nitrogens with zero attached hydrogens (tertiary/aromatic N) is 1. The highest BCUT2D eigenvalue weighted by atomic mass is 32.2. The Morgan fingerprint density at radius 1 is 0.365 bits per heavy atom. The topological polar surface area (TPSA) is 4.93 Å². The Morgan fingerprint density at radius 3 is 1.62 bits per heavy atom. The molecule has 2 aliphatic rings. The van der Waals surface area contributed by atoms with Gasteiger partial charge < -0.3 is 4.57 Å². The van der Waals surface area contributed by atoms with E-state index >= 15 is 0 Å². The van der Waals surface area contributed by atoms with E-state index < -0.39 is 5.41 Å². The summed E-state index contributed by atoms with van der Waals surface area (Å²) in [4.78, 5) is 5.24. The summed E-state index contributed by atoms with van der Waals surface area (Å²) in [5, 5.41) is 2.54. The number of hydrogen-bond donors (Lipinski definition) is 0. The summed E-state index contributed by atoms with van der Waals surface area (Å²) in [6, 6.07) is 69.7. The van der Waals surface area contributed by atoms with E-state index in [1.165, 1.54) is 91.6 Å². The predicted octanol–water partition coefficient (Wildman–Crippen LogP) is 13.4. The van der Waals surface area contributed by atoms with Crippen LogP contribution in [-0.2, 0) is 5.41 Å². The maximum atomic E-state index is 2.46. The second-order valence-corrected chi connectivity index (χ2v) is 15.8. The van der Waals surface area contributed by atoms with Crippen LogP contribution in [0.1, 0.15) is 22.3 Å². The highest BCUT2D eigenvalue weighted by Gasteiger charge is 2.48. The van der Waals surface area contributed by atoms with Crippen molar-refractivity contribution in [2.75, 3.05) is 0 Å². The second-order valence-electron chi connectivity index (χ2n) is 13.6. The van der Waals surface area contributed by atoms with Gasteiger partial charge in [-0.25, -0.2) is 0 Å². The van der Waals surface area contributed by atoms with Gasteiger partial charge in [0.1, 0.15) is 0 Å². The van der Waals surface area contributed by atoms with E-state index in [2.05, 4.69) is 193 Å². The van der Waals surface area contributed by atoms with Crippen molar-refractivity contribution in [2.45, 2.75) is 25.0 Å². The quantitative estimate of drug-likeness (QED) is 0.181. The molecule has 52 heavy (non-hydrogen) atoms. The molecule has 1 aromatic heterocycles. The molecular formula is C49H31NS2. The van der Waals surface area contributed by atoms with Gasteiger partial charge in [-0.2, -0.15) is 0 Å². The fourth-order valence-electron chi connectivity index (χ4n) is 8.75. The minimum atomic E-state index is -0.451. The normalized spacial score (nSPS) is 15.6. The van der Waals surface area contributed by atoms with Gasteiger partial charge in [0.05, 0.1) is 16.4 Å². The number of hydrogen-bond acceptors (Lipinski definition) is 2. The van der Waals surface area contributed by atoms with Crippen LogP contribution in [0.5, 0.6) is 0 Å². The Balaban J connectivity index is 1.18. The zero-order valence-corrected chi connectivity index (χ0v) is 29.8. The summed E-state index contributed by atoms with van der Waals surface area (Å²) < 4.78 is 2.44. The third kappa shape index (κ3) is 4.27. The molecule has 244 valence electrons. The van der Waals surface area contributed by atoms with Gasteiger partial charge in [0.15, 0.2) is 0 Å². The predicted molar refractivity (Wildman–Crippen MR) is 218 cm³/mol. The summed E-state index contributed by atoms with van der Waals surface area (Å²) in [5.41, 5.74) is 13.5. The first-order valence-electron chi connectivity index (χ1n) is 17.8. The van der Waals surface area contributed by atoms with Crippen molar-refractivity contribution in [3.63, 3.8) is 0 Å². The molecule has 9 aromatic rings.